The number of benzene rings is 1. The summed E-state index contributed by atoms with van der Waals surface area (Å²) in [6.45, 7) is 3.82. The van der Waals surface area contributed by atoms with Gasteiger partial charge in [-0.3, -0.25) is 0 Å². The molecule has 0 saturated heterocycles. The Labute approximate surface area is 120 Å². The van der Waals surface area contributed by atoms with Gasteiger partial charge in [-0.1, -0.05) is 50.3 Å². The average molecular weight is 284 g/mol. The highest BCUT2D eigenvalue weighted by atomic mass is 35.5. The van der Waals surface area contributed by atoms with Gasteiger partial charge in [0.1, 0.15) is 5.82 Å². The molecular weight excluding hydrogens is 261 g/mol. The summed E-state index contributed by atoms with van der Waals surface area (Å²) < 4.78 is 14.3. The van der Waals surface area contributed by atoms with Crippen LogP contribution in [0, 0.1) is 5.82 Å². The lowest BCUT2D eigenvalue weighted by atomic mass is 9.74. The van der Waals surface area contributed by atoms with Gasteiger partial charge in [-0.2, -0.15) is 0 Å². The Morgan fingerprint density at radius 2 is 1.89 bits per heavy atom. The number of halogens is 2. The van der Waals surface area contributed by atoms with Crippen LogP contribution in [0.15, 0.2) is 18.2 Å². The lowest BCUT2D eigenvalue weighted by molar-refractivity contribution is 0.338. The van der Waals surface area contributed by atoms with Crippen LogP contribution in [-0.2, 0) is 5.41 Å². The van der Waals surface area contributed by atoms with E-state index in [9.17, 15) is 4.39 Å². The van der Waals surface area contributed by atoms with E-state index in [0.717, 1.165) is 44.3 Å². The Hall–Kier alpha value is -0.600. The molecule has 3 heteroatoms. The second-order valence-electron chi connectivity index (χ2n) is 5.57. The second-order valence-corrected chi connectivity index (χ2v) is 5.98. The van der Waals surface area contributed by atoms with E-state index in [1.807, 2.05) is 6.07 Å². The summed E-state index contributed by atoms with van der Waals surface area (Å²) in [4.78, 5) is 0. The van der Waals surface area contributed by atoms with Crippen LogP contribution < -0.4 is 5.32 Å². The van der Waals surface area contributed by atoms with E-state index < -0.39 is 0 Å². The number of rotatable bonds is 4. The average Bonchev–Trinajstić information content (AvgIpc) is 2.63. The van der Waals surface area contributed by atoms with Crippen molar-refractivity contribution in [2.45, 2.75) is 50.9 Å². The molecular formula is C16H23ClFN. The van der Waals surface area contributed by atoms with Gasteiger partial charge >= 0.3 is 0 Å². The molecule has 1 nitrogen and oxygen atoms in total. The quantitative estimate of drug-likeness (QED) is 0.791. The minimum Gasteiger partial charge on any atom is -0.316 e. The predicted molar refractivity (Wildman–Crippen MR) is 79.3 cm³/mol. The van der Waals surface area contributed by atoms with Gasteiger partial charge in [0.15, 0.2) is 0 Å². The third kappa shape index (κ3) is 3.29. The molecule has 106 valence electrons. The van der Waals surface area contributed by atoms with Crippen molar-refractivity contribution in [1.29, 1.82) is 0 Å². The monoisotopic (exact) mass is 283 g/mol. The molecule has 2 rings (SSSR count). The molecule has 0 spiro atoms. The summed E-state index contributed by atoms with van der Waals surface area (Å²) in [7, 11) is 0. The molecule has 0 amide bonds. The highest BCUT2D eigenvalue weighted by Crippen LogP contribution is 2.42. The van der Waals surface area contributed by atoms with Crippen molar-refractivity contribution in [3.05, 3.63) is 34.6 Å². The fourth-order valence-corrected chi connectivity index (χ4v) is 3.65. The molecule has 1 aliphatic rings. The van der Waals surface area contributed by atoms with E-state index in [1.54, 1.807) is 12.1 Å². The zero-order valence-corrected chi connectivity index (χ0v) is 12.4. The predicted octanol–water partition coefficient (Wildman–Crippen LogP) is 4.68. The van der Waals surface area contributed by atoms with Crippen LogP contribution >= 0.6 is 11.6 Å². The molecule has 1 saturated carbocycles. The Bertz CT molecular complexity index is 391. The zero-order chi connectivity index (χ0) is 13.7. The van der Waals surface area contributed by atoms with Gasteiger partial charge in [0, 0.05) is 22.5 Å². The molecule has 0 radical (unpaired) electrons. The van der Waals surface area contributed by atoms with Crippen molar-refractivity contribution >= 4 is 11.6 Å². The highest BCUT2D eigenvalue weighted by Gasteiger charge is 2.36. The van der Waals surface area contributed by atoms with Gasteiger partial charge in [0.2, 0.25) is 0 Å². The van der Waals surface area contributed by atoms with Crippen molar-refractivity contribution in [1.82, 2.24) is 5.32 Å². The fraction of sp³-hybridized carbons (Fsp3) is 0.625. The summed E-state index contributed by atoms with van der Waals surface area (Å²) in [6.07, 6.45) is 6.88. The lowest BCUT2D eigenvalue weighted by Gasteiger charge is -2.35. The van der Waals surface area contributed by atoms with Gasteiger partial charge in [-0.15, -0.1) is 0 Å². The number of likely N-dealkylation sites (N-methyl/N-ethyl adjacent to an activating group) is 1. The Morgan fingerprint density at radius 1 is 1.21 bits per heavy atom. The van der Waals surface area contributed by atoms with Crippen LogP contribution in [0.3, 0.4) is 0 Å². The molecule has 0 unspecified atom stereocenters. The van der Waals surface area contributed by atoms with Crippen molar-refractivity contribution in [3.8, 4) is 0 Å². The highest BCUT2D eigenvalue weighted by molar-refractivity contribution is 6.31. The lowest BCUT2D eigenvalue weighted by Crippen LogP contribution is -2.39. The summed E-state index contributed by atoms with van der Waals surface area (Å²) in [5, 5.41) is 4.00. The van der Waals surface area contributed by atoms with Crippen LogP contribution in [0.1, 0.15) is 51.0 Å². The first-order valence-electron chi connectivity index (χ1n) is 7.35. The van der Waals surface area contributed by atoms with Gasteiger partial charge < -0.3 is 5.32 Å². The summed E-state index contributed by atoms with van der Waals surface area (Å²) in [5.41, 5.74) is 0.606. The van der Waals surface area contributed by atoms with Crippen molar-refractivity contribution in [2.24, 2.45) is 0 Å². The van der Waals surface area contributed by atoms with Gasteiger partial charge in [0.05, 0.1) is 0 Å². The second kappa shape index (κ2) is 6.71. The smallest absolute Gasteiger partial charge is 0.128 e. The first-order valence-corrected chi connectivity index (χ1v) is 7.72. The van der Waals surface area contributed by atoms with E-state index in [2.05, 4.69) is 12.2 Å². The maximum absolute atomic E-state index is 14.3. The van der Waals surface area contributed by atoms with Crippen LogP contribution in [-0.4, -0.2) is 13.1 Å². The maximum Gasteiger partial charge on any atom is 0.128 e. The van der Waals surface area contributed by atoms with E-state index in [1.165, 1.54) is 12.8 Å². The number of hydrogen-bond donors (Lipinski definition) is 1. The number of nitrogens with one attached hydrogen (secondary N) is 1. The fourth-order valence-electron chi connectivity index (χ4n) is 3.29. The van der Waals surface area contributed by atoms with E-state index in [0.29, 0.717) is 5.02 Å². The summed E-state index contributed by atoms with van der Waals surface area (Å²) in [5.74, 6) is -0.146. The molecule has 0 heterocycles. The van der Waals surface area contributed by atoms with Crippen molar-refractivity contribution in [2.75, 3.05) is 13.1 Å². The molecule has 0 bridgehead atoms. The first-order chi connectivity index (χ1) is 9.19. The van der Waals surface area contributed by atoms with Crippen LogP contribution in [0.4, 0.5) is 4.39 Å². The van der Waals surface area contributed by atoms with Crippen LogP contribution in [0.5, 0.6) is 0 Å². The number of hydrogen-bond acceptors (Lipinski definition) is 1. The van der Waals surface area contributed by atoms with E-state index >= 15 is 0 Å². The molecule has 0 atom stereocenters. The molecule has 1 fully saturated rings. The molecule has 1 N–H and O–H groups in total. The largest absolute Gasteiger partial charge is 0.316 e. The maximum atomic E-state index is 14.3. The topological polar surface area (TPSA) is 12.0 Å². The third-order valence-corrected chi connectivity index (χ3v) is 4.58. The van der Waals surface area contributed by atoms with Crippen molar-refractivity contribution in [3.63, 3.8) is 0 Å². The van der Waals surface area contributed by atoms with Crippen LogP contribution in [0.2, 0.25) is 5.02 Å². The summed E-state index contributed by atoms with van der Waals surface area (Å²) in [6, 6.07) is 5.05. The minimum absolute atomic E-state index is 0.130. The molecule has 19 heavy (non-hydrogen) atoms. The standard InChI is InChI=1S/C16H23ClFN/c1-2-19-12-16(10-5-3-4-6-11-16)15-13(17)8-7-9-14(15)18/h7-9,19H,2-6,10-12H2,1H3. The Kier molecular flexibility index (Phi) is 5.23. The third-order valence-electron chi connectivity index (χ3n) is 4.27. The Morgan fingerprint density at radius 3 is 2.47 bits per heavy atom. The van der Waals surface area contributed by atoms with Gasteiger partial charge in [-0.25, -0.2) is 4.39 Å². The normalized spacial score (nSPS) is 19.1. The van der Waals surface area contributed by atoms with Gasteiger partial charge in [0.25, 0.3) is 0 Å². The van der Waals surface area contributed by atoms with Crippen LogP contribution in [0.25, 0.3) is 0 Å². The van der Waals surface area contributed by atoms with Gasteiger partial charge in [-0.05, 0) is 31.5 Å². The molecule has 1 aromatic rings. The summed E-state index contributed by atoms with van der Waals surface area (Å²) >= 11 is 6.32. The van der Waals surface area contributed by atoms with Crippen molar-refractivity contribution < 1.29 is 4.39 Å². The molecule has 0 aromatic heterocycles. The Balaban J connectivity index is 2.40. The molecule has 1 aliphatic carbocycles. The first kappa shape index (κ1) is 14.8. The van der Waals surface area contributed by atoms with E-state index in [4.69, 9.17) is 11.6 Å². The van der Waals surface area contributed by atoms with E-state index in [-0.39, 0.29) is 11.2 Å². The zero-order valence-electron chi connectivity index (χ0n) is 11.6. The minimum atomic E-state index is -0.146. The SMILES string of the molecule is CCNCC1(c2c(F)cccc2Cl)CCCCCC1. The molecule has 1 aromatic carbocycles. The molecule has 0 aliphatic heterocycles.